The maximum Gasteiger partial charge on any atom is 0.116 e. The van der Waals surface area contributed by atoms with Gasteiger partial charge in [0, 0.05) is 5.41 Å². The number of hydrogen-bond acceptors (Lipinski definition) is 2. The van der Waals surface area contributed by atoms with Gasteiger partial charge in [0.25, 0.3) is 0 Å². The molecule has 0 aliphatic heterocycles. The van der Waals surface area contributed by atoms with Crippen molar-refractivity contribution in [3.63, 3.8) is 0 Å². The standard InChI is InChI=1S/C11H22O2/c1-7-10(3,4)9(2)13-8-11(5,6)12/h12H,2,7-8H2,1,3-6H3. The quantitative estimate of drug-likeness (QED) is 0.669. The minimum absolute atomic E-state index is 0.00868. The molecule has 2 heteroatoms. The van der Waals surface area contributed by atoms with Gasteiger partial charge in [0.15, 0.2) is 0 Å². The summed E-state index contributed by atoms with van der Waals surface area (Å²) < 4.78 is 5.42. The number of ether oxygens (including phenoxy) is 1. The molecule has 1 N–H and O–H groups in total. The second-order valence-electron chi connectivity index (χ2n) is 4.76. The Kier molecular flexibility index (Phi) is 3.98. The van der Waals surface area contributed by atoms with Crippen molar-refractivity contribution in [2.24, 2.45) is 5.41 Å². The normalized spacial score (nSPS) is 12.8. The average Bonchev–Trinajstić information content (AvgIpc) is 1.98. The third-order valence-electron chi connectivity index (χ3n) is 2.24. The van der Waals surface area contributed by atoms with Crippen molar-refractivity contribution in [3.8, 4) is 0 Å². The Labute approximate surface area is 81.6 Å². The Morgan fingerprint density at radius 2 is 1.77 bits per heavy atom. The lowest BCUT2D eigenvalue weighted by molar-refractivity contribution is -0.00979. The molecule has 0 aliphatic carbocycles. The Morgan fingerprint density at radius 1 is 1.31 bits per heavy atom. The summed E-state index contributed by atoms with van der Waals surface area (Å²) in [4.78, 5) is 0. The van der Waals surface area contributed by atoms with E-state index in [-0.39, 0.29) is 5.41 Å². The smallest absolute Gasteiger partial charge is 0.116 e. The lowest BCUT2D eigenvalue weighted by atomic mass is 9.88. The molecule has 2 nitrogen and oxygen atoms in total. The zero-order valence-electron chi connectivity index (χ0n) is 9.48. The molecule has 0 amide bonds. The van der Waals surface area contributed by atoms with Gasteiger partial charge in [0.05, 0.1) is 11.4 Å². The summed E-state index contributed by atoms with van der Waals surface area (Å²) in [5, 5.41) is 9.44. The molecule has 13 heavy (non-hydrogen) atoms. The molecule has 0 fully saturated rings. The molecule has 0 bridgehead atoms. The molecule has 0 aromatic rings. The molecule has 0 spiro atoms. The van der Waals surface area contributed by atoms with Crippen LogP contribution in [0.4, 0.5) is 0 Å². The monoisotopic (exact) mass is 186 g/mol. The van der Waals surface area contributed by atoms with Crippen LogP contribution in [0.3, 0.4) is 0 Å². The van der Waals surface area contributed by atoms with E-state index in [0.29, 0.717) is 6.61 Å². The fourth-order valence-corrected chi connectivity index (χ4v) is 0.656. The summed E-state index contributed by atoms with van der Waals surface area (Å²) in [6, 6.07) is 0. The van der Waals surface area contributed by atoms with Crippen LogP contribution < -0.4 is 0 Å². The predicted octanol–water partition coefficient (Wildman–Crippen LogP) is 2.72. The molecule has 0 saturated heterocycles. The van der Waals surface area contributed by atoms with E-state index in [2.05, 4.69) is 27.4 Å². The zero-order chi connectivity index (χ0) is 10.7. The largest absolute Gasteiger partial charge is 0.495 e. The van der Waals surface area contributed by atoms with Crippen molar-refractivity contribution in [1.29, 1.82) is 0 Å². The SMILES string of the molecule is C=C(OCC(C)(C)O)C(C)(C)CC. The highest BCUT2D eigenvalue weighted by Gasteiger charge is 2.23. The fourth-order valence-electron chi connectivity index (χ4n) is 0.656. The van der Waals surface area contributed by atoms with Crippen molar-refractivity contribution < 1.29 is 9.84 Å². The Balaban J connectivity index is 4.03. The van der Waals surface area contributed by atoms with E-state index in [4.69, 9.17) is 4.74 Å². The first-order valence-electron chi connectivity index (χ1n) is 4.73. The summed E-state index contributed by atoms with van der Waals surface area (Å²) in [5.74, 6) is 0.747. The first-order chi connectivity index (χ1) is 5.69. The number of allylic oxidation sites excluding steroid dienone is 1. The fraction of sp³-hybridized carbons (Fsp3) is 0.818. The van der Waals surface area contributed by atoms with Gasteiger partial charge < -0.3 is 9.84 Å². The molecule has 0 atom stereocenters. The average molecular weight is 186 g/mol. The topological polar surface area (TPSA) is 29.5 Å². The summed E-state index contributed by atoms with van der Waals surface area (Å²) in [5.41, 5.74) is -0.794. The first-order valence-corrected chi connectivity index (χ1v) is 4.73. The van der Waals surface area contributed by atoms with Gasteiger partial charge in [0.2, 0.25) is 0 Å². The molecule has 0 unspecified atom stereocenters. The van der Waals surface area contributed by atoms with Crippen LogP contribution in [0.5, 0.6) is 0 Å². The van der Waals surface area contributed by atoms with Crippen LogP contribution in [0, 0.1) is 5.41 Å². The van der Waals surface area contributed by atoms with Gasteiger partial charge in [-0.3, -0.25) is 0 Å². The first kappa shape index (κ1) is 12.5. The molecule has 0 aromatic heterocycles. The highest BCUT2D eigenvalue weighted by atomic mass is 16.5. The van der Waals surface area contributed by atoms with Crippen molar-refractivity contribution in [1.82, 2.24) is 0 Å². The minimum atomic E-state index is -0.785. The van der Waals surface area contributed by atoms with Gasteiger partial charge in [0.1, 0.15) is 6.61 Å². The maximum atomic E-state index is 9.44. The molecular weight excluding hydrogens is 164 g/mol. The predicted molar refractivity (Wildman–Crippen MR) is 55.5 cm³/mol. The van der Waals surface area contributed by atoms with Crippen LogP contribution in [-0.2, 0) is 4.74 Å². The molecule has 0 aromatic carbocycles. The maximum absolute atomic E-state index is 9.44. The highest BCUT2D eigenvalue weighted by molar-refractivity contribution is 4.98. The minimum Gasteiger partial charge on any atom is -0.495 e. The summed E-state index contributed by atoms with van der Waals surface area (Å²) in [6.07, 6.45) is 0.984. The number of aliphatic hydroxyl groups is 1. The molecule has 0 aliphatic rings. The van der Waals surface area contributed by atoms with Crippen LogP contribution in [0.1, 0.15) is 41.0 Å². The van der Waals surface area contributed by atoms with E-state index in [1.807, 2.05) is 0 Å². The molecule has 0 radical (unpaired) electrons. The van der Waals surface area contributed by atoms with Crippen molar-refractivity contribution in [3.05, 3.63) is 12.3 Å². The van der Waals surface area contributed by atoms with Gasteiger partial charge in [-0.15, -0.1) is 0 Å². The Bertz CT molecular complexity index is 175. The Morgan fingerprint density at radius 3 is 2.08 bits per heavy atom. The molecule has 0 saturated carbocycles. The second-order valence-corrected chi connectivity index (χ2v) is 4.76. The van der Waals surface area contributed by atoms with Crippen molar-refractivity contribution in [2.45, 2.75) is 46.6 Å². The third-order valence-corrected chi connectivity index (χ3v) is 2.24. The van der Waals surface area contributed by atoms with Crippen molar-refractivity contribution >= 4 is 0 Å². The van der Waals surface area contributed by atoms with Crippen LogP contribution >= 0.6 is 0 Å². The van der Waals surface area contributed by atoms with Crippen LogP contribution in [0.2, 0.25) is 0 Å². The second kappa shape index (κ2) is 4.14. The van der Waals surface area contributed by atoms with Crippen LogP contribution in [0.15, 0.2) is 12.3 Å². The van der Waals surface area contributed by atoms with Crippen LogP contribution in [0.25, 0.3) is 0 Å². The lowest BCUT2D eigenvalue weighted by Gasteiger charge is -2.28. The molecule has 0 rings (SSSR count). The van der Waals surface area contributed by atoms with Gasteiger partial charge in [-0.25, -0.2) is 0 Å². The lowest BCUT2D eigenvalue weighted by Crippen LogP contribution is -2.28. The summed E-state index contributed by atoms with van der Waals surface area (Å²) >= 11 is 0. The molecular formula is C11H22O2. The van der Waals surface area contributed by atoms with E-state index in [0.717, 1.165) is 12.2 Å². The van der Waals surface area contributed by atoms with Gasteiger partial charge >= 0.3 is 0 Å². The van der Waals surface area contributed by atoms with E-state index >= 15 is 0 Å². The van der Waals surface area contributed by atoms with E-state index < -0.39 is 5.60 Å². The van der Waals surface area contributed by atoms with E-state index in [1.54, 1.807) is 13.8 Å². The van der Waals surface area contributed by atoms with Gasteiger partial charge in [-0.05, 0) is 20.3 Å². The van der Waals surface area contributed by atoms with Crippen molar-refractivity contribution in [2.75, 3.05) is 6.61 Å². The zero-order valence-corrected chi connectivity index (χ0v) is 9.48. The highest BCUT2D eigenvalue weighted by Crippen LogP contribution is 2.29. The van der Waals surface area contributed by atoms with Gasteiger partial charge in [-0.1, -0.05) is 27.4 Å². The number of rotatable bonds is 5. The Hall–Kier alpha value is -0.500. The van der Waals surface area contributed by atoms with E-state index in [1.165, 1.54) is 0 Å². The van der Waals surface area contributed by atoms with Crippen LogP contribution in [-0.4, -0.2) is 17.3 Å². The van der Waals surface area contributed by atoms with E-state index in [9.17, 15) is 5.11 Å². The van der Waals surface area contributed by atoms with Gasteiger partial charge in [-0.2, -0.15) is 0 Å². The number of hydrogen-bond donors (Lipinski definition) is 1. The molecule has 0 heterocycles. The summed E-state index contributed by atoms with van der Waals surface area (Å²) in [7, 11) is 0. The third kappa shape index (κ3) is 4.94. The molecule has 78 valence electrons. The summed E-state index contributed by atoms with van der Waals surface area (Å²) in [6.45, 7) is 13.9.